The van der Waals surface area contributed by atoms with Crippen molar-refractivity contribution in [3.05, 3.63) is 64.9 Å². The van der Waals surface area contributed by atoms with E-state index < -0.39 is 0 Å². The Kier molecular flexibility index (Phi) is 4.96. The average Bonchev–Trinajstić information content (AvgIpc) is 3.07. The average molecular weight is 338 g/mol. The number of hydrogen-bond acceptors (Lipinski definition) is 5. The first-order valence-corrected chi connectivity index (χ1v) is 8.50. The number of aryl methyl sites for hydroxylation is 1. The van der Waals surface area contributed by atoms with Crippen LogP contribution in [-0.4, -0.2) is 21.1 Å². The minimum atomic E-state index is -0.187. The molecule has 0 spiro atoms. The molecule has 0 aliphatic rings. The van der Waals surface area contributed by atoms with Crippen molar-refractivity contribution in [2.24, 2.45) is 0 Å². The van der Waals surface area contributed by atoms with Gasteiger partial charge in [-0.3, -0.25) is 9.78 Å². The van der Waals surface area contributed by atoms with Gasteiger partial charge in [0.2, 0.25) is 5.91 Å². The maximum Gasteiger partial charge on any atom is 0.217 e. The number of aromatic nitrogens is 3. The molecule has 122 valence electrons. The van der Waals surface area contributed by atoms with Crippen LogP contribution in [0.25, 0.3) is 10.6 Å². The highest BCUT2D eigenvalue weighted by Gasteiger charge is 2.19. The maximum atomic E-state index is 11.6. The largest absolute Gasteiger partial charge is 0.347 e. The number of pyridine rings is 1. The Labute approximate surface area is 144 Å². The number of hydrogen-bond donors (Lipinski definition) is 1. The summed E-state index contributed by atoms with van der Waals surface area (Å²) in [5, 5.41) is 13.1. The Morgan fingerprint density at radius 2 is 2.00 bits per heavy atom. The topological polar surface area (TPSA) is 67.8 Å². The normalized spacial score (nSPS) is 11.9. The molecule has 1 N–H and O–H groups in total. The third-order valence-corrected chi connectivity index (χ3v) is 4.67. The first kappa shape index (κ1) is 16.3. The van der Waals surface area contributed by atoms with E-state index >= 15 is 0 Å². The van der Waals surface area contributed by atoms with Gasteiger partial charge in [-0.25, -0.2) is 0 Å². The van der Waals surface area contributed by atoms with E-state index in [1.165, 1.54) is 23.8 Å². The summed E-state index contributed by atoms with van der Waals surface area (Å²) in [6.45, 7) is 3.57. The second-order valence-corrected chi connectivity index (χ2v) is 6.64. The van der Waals surface area contributed by atoms with Crippen LogP contribution >= 0.6 is 11.3 Å². The summed E-state index contributed by atoms with van der Waals surface area (Å²) >= 11 is 1.48. The number of carbonyl (C=O) groups is 1. The van der Waals surface area contributed by atoms with Crippen LogP contribution in [0.1, 0.15) is 29.1 Å². The molecule has 0 radical (unpaired) electrons. The van der Waals surface area contributed by atoms with E-state index in [-0.39, 0.29) is 11.9 Å². The zero-order valence-corrected chi connectivity index (χ0v) is 14.4. The van der Waals surface area contributed by atoms with E-state index in [0.29, 0.717) is 6.42 Å². The Morgan fingerprint density at radius 1 is 1.21 bits per heavy atom. The van der Waals surface area contributed by atoms with E-state index in [1.54, 1.807) is 12.4 Å². The lowest BCUT2D eigenvalue weighted by Crippen LogP contribution is -2.27. The fraction of sp³-hybridized carbons (Fsp3) is 0.222. The smallest absolute Gasteiger partial charge is 0.217 e. The zero-order valence-electron chi connectivity index (χ0n) is 13.6. The first-order chi connectivity index (χ1) is 11.6. The van der Waals surface area contributed by atoms with Crippen molar-refractivity contribution in [2.45, 2.75) is 26.3 Å². The first-order valence-electron chi connectivity index (χ1n) is 7.68. The second kappa shape index (κ2) is 7.31. The lowest BCUT2D eigenvalue weighted by molar-refractivity contribution is -0.119. The molecular weight excluding hydrogens is 320 g/mol. The van der Waals surface area contributed by atoms with Gasteiger partial charge in [-0.05, 0) is 31.0 Å². The fourth-order valence-corrected chi connectivity index (χ4v) is 3.27. The van der Waals surface area contributed by atoms with Gasteiger partial charge in [0.05, 0.1) is 6.04 Å². The molecule has 1 amide bonds. The zero-order chi connectivity index (χ0) is 16.9. The molecule has 0 aliphatic heterocycles. The van der Waals surface area contributed by atoms with Crippen molar-refractivity contribution in [3.8, 4) is 10.6 Å². The van der Waals surface area contributed by atoms with Gasteiger partial charge in [-0.15, -0.1) is 10.2 Å². The minimum Gasteiger partial charge on any atom is -0.347 e. The Hall–Kier alpha value is -2.60. The summed E-state index contributed by atoms with van der Waals surface area (Å²) in [5.74, 6) is -0.0785. The lowest BCUT2D eigenvalue weighted by Gasteiger charge is -2.15. The van der Waals surface area contributed by atoms with Gasteiger partial charge in [-0.1, -0.05) is 41.2 Å². The molecule has 2 aromatic heterocycles. The molecular formula is C18H18N4OS. The van der Waals surface area contributed by atoms with Crippen LogP contribution in [0.5, 0.6) is 0 Å². The van der Waals surface area contributed by atoms with Crippen molar-refractivity contribution < 1.29 is 4.79 Å². The number of benzene rings is 1. The van der Waals surface area contributed by atoms with Crippen LogP contribution in [0.3, 0.4) is 0 Å². The van der Waals surface area contributed by atoms with Crippen LogP contribution < -0.4 is 5.32 Å². The standard InChI is InChI=1S/C18H18N4OS/c1-12-5-7-14(8-6-12)10-16(20-13(2)23)18-22-21-17(24-18)15-4-3-9-19-11-15/h3-9,11,16H,10H2,1-2H3,(H,20,23). The van der Waals surface area contributed by atoms with E-state index in [2.05, 4.69) is 51.7 Å². The molecule has 0 fully saturated rings. The van der Waals surface area contributed by atoms with Crippen molar-refractivity contribution in [1.29, 1.82) is 0 Å². The number of nitrogens with one attached hydrogen (secondary N) is 1. The summed E-state index contributed by atoms with van der Waals surface area (Å²) in [6, 6.07) is 11.9. The van der Waals surface area contributed by atoms with Gasteiger partial charge in [0.25, 0.3) is 0 Å². The number of carbonyl (C=O) groups excluding carboxylic acids is 1. The predicted octanol–water partition coefficient (Wildman–Crippen LogP) is 3.33. The van der Waals surface area contributed by atoms with E-state index in [4.69, 9.17) is 0 Å². The number of nitrogens with zero attached hydrogens (tertiary/aromatic N) is 3. The van der Waals surface area contributed by atoms with Crippen LogP contribution in [0.2, 0.25) is 0 Å². The monoisotopic (exact) mass is 338 g/mol. The van der Waals surface area contributed by atoms with Crippen LogP contribution in [0.15, 0.2) is 48.8 Å². The van der Waals surface area contributed by atoms with Crippen molar-refractivity contribution in [1.82, 2.24) is 20.5 Å². The molecule has 1 unspecified atom stereocenters. The summed E-state index contributed by atoms with van der Waals surface area (Å²) in [7, 11) is 0. The number of amides is 1. The molecule has 6 heteroatoms. The Balaban J connectivity index is 1.84. The molecule has 5 nitrogen and oxygen atoms in total. The highest BCUT2D eigenvalue weighted by atomic mass is 32.1. The van der Waals surface area contributed by atoms with Gasteiger partial charge in [0.1, 0.15) is 10.0 Å². The highest BCUT2D eigenvalue weighted by molar-refractivity contribution is 7.14. The van der Waals surface area contributed by atoms with Crippen molar-refractivity contribution in [3.63, 3.8) is 0 Å². The molecule has 1 aromatic carbocycles. The molecule has 3 rings (SSSR count). The summed E-state index contributed by atoms with van der Waals surface area (Å²) in [5.41, 5.74) is 3.29. The van der Waals surface area contributed by atoms with Crippen LogP contribution in [0, 0.1) is 6.92 Å². The van der Waals surface area contributed by atoms with Crippen molar-refractivity contribution in [2.75, 3.05) is 0 Å². The van der Waals surface area contributed by atoms with E-state index in [1.807, 2.05) is 12.1 Å². The highest BCUT2D eigenvalue weighted by Crippen LogP contribution is 2.28. The Morgan fingerprint density at radius 3 is 2.67 bits per heavy atom. The third-order valence-electron chi connectivity index (χ3n) is 3.59. The second-order valence-electron chi connectivity index (χ2n) is 5.63. The van der Waals surface area contributed by atoms with Gasteiger partial charge >= 0.3 is 0 Å². The Bertz CT molecular complexity index is 815. The lowest BCUT2D eigenvalue weighted by atomic mass is 10.0. The molecule has 0 aliphatic carbocycles. The van der Waals surface area contributed by atoms with E-state index in [9.17, 15) is 4.79 Å². The van der Waals surface area contributed by atoms with Gasteiger partial charge < -0.3 is 5.32 Å². The molecule has 0 bridgehead atoms. The minimum absolute atomic E-state index is 0.0785. The molecule has 0 saturated carbocycles. The predicted molar refractivity (Wildman–Crippen MR) is 94.6 cm³/mol. The SMILES string of the molecule is CC(=O)NC(Cc1ccc(C)cc1)c1nnc(-c2cccnc2)s1. The quantitative estimate of drug-likeness (QED) is 0.775. The molecule has 3 aromatic rings. The summed E-state index contributed by atoms with van der Waals surface area (Å²) < 4.78 is 0. The molecule has 24 heavy (non-hydrogen) atoms. The van der Waals surface area contributed by atoms with Crippen LogP contribution in [-0.2, 0) is 11.2 Å². The summed E-state index contributed by atoms with van der Waals surface area (Å²) in [6.07, 6.45) is 4.17. The van der Waals surface area contributed by atoms with Crippen LogP contribution in [0.4, 0.5) is 0 Å². The molecule has 2 heterocycles. The van der Waals surface area contributed by atoms with Gasteiger partial charge in [-0.2, -0.15) is 0 Å². The van der Waals surface area contributed by atoms with Crippen molar-refractivity contribution >= 4 is 17.2 Å². The van der Waals surface area contributed by atoms with Gasteiger partial charge in [0, 0.05) is 24.9 Å². The summed E-state index contributed by atoms with van der Waals surface area (Å²) in [4.78, 5) is 15.7. The molecule has 0 saturated heterocycles. The molecule has 1 atom stereocenters. The maximum absolute atomic E-state index is 11.6. The fourth-order valence-electron chi connectivity index (χ4n) is 2.39. The van der Waals surface area contributed by atoms with E-state index in [0.717, 1.165) is 21.1 Å². The number of rotatable bonds is 5. The van der Waals surface area contributed by atoms with Gasteiger partial charge in [0.15, 0.2) is 0 Å². The third kappa shape index (κ3) is 4.02.